The average Bonchev–Trinajstić information content (AvgIpc) is 2.47. The summed E-state index contributed by atoms with van der Waals surface area (Å²) in [5.74, 6) is -0.0225. The lowest BCUT2D eigenvalue weighted by molar-refractivity contribution is -0.138. The van der Waals surface area contributed by atoms with Crippen molar-refractivity contribution in [2.75, 3.05) is 52.1 Å². The third-order valence-electron chi connectivity index (χ3n) is 4.43. The quantitative estimate of drug-likeness (QED) is 0.744. The van der Waals surface area contributed by atoms with Crippen molar-refractivity contribution in [3.8, 4) is 0 Å². The number of piperazine rings is 1. The van der Waals surface area contributed by atoms with E-state index in [0.717, 1.165) is 52.0 Å². The smallest absolute Gasteiger partial charge is 0.227 e. The second kappa shape index (κ2) is 7.07. The van der Waals surface area contributed by atoms with E-state index in [2.05, 4.69) is 11.8 Å². The number of rotatable bonds is 4. The zero-order valence-corrected chi connectivity index (χ0v) is 13.9. The summed E-state index contributed by atoms with van der Waals surface area (Å²) in [5.41, 5.74) is 0. The van der Waals surface area contributed by atoms with Gasteiger partial charge in [-0.25, -0.2) is 12.7 Å². The van der Waals surface area contributed by atoms with Crippen molar-refractivity contribution in [3.63, 3.8) is 0 Å². The van der Waals surface area contributed by atoms with E-state index in [1.165, 1.54) is 10.6 Å². The molecule has 7 heteroatoms. The molecule has 6 nitrogen and oxygen atoms in total. The Kier molecular flexibility index (Phi) is 5.62. The van der Waals surface area contributed by atoms with Crippen LogP contribution in [0.5, 0.6) is 0 Å². The van der Waals surface area contributed by atoms with Gasteiger partial charge >= 0.3 is 0 Å². The second-order valence-electron chi connectivity index (χ2n) is 6.13. The zero-order chi connectivity index (χ0) is 15.5. The summed E-state index contributed by atoms with van der Waals surface area (Å²) in [7, 11) is -3.18. The van der Waals surface area contributed by atoms with Gasteiger partial charge in [0, 0.05) is 39.3 Å². The van der Waals surface area contributed by atoms with Gasteiger partial charge in [0.15, 0.2) is 0 Å². The average molecular weight is 317 g/mol. The van der Waals surface area contributed by atoms with Crippen molar-refractivity contribution in [2.45, 2.75) is 26.2 Å². The van der Waals surface area contributed by atoms with E-state index < -0.39 is 10.0 Å². The van der Waals surface area contributed by atoms with Crippen LogP contribution in [0.3, 0.4) is 0 Å². The fourth-order valence-corrected chi connectivity index (χ4v) is 4.12. The van der Waals surface area contributed by atoms with Crippen LogP contribution < -0.4 is 0 Å². The van der Waals surface area contributed by atoms with Gasteiger partial charge in [-0.3, -0.25) is 9.69 Å². The number of hydrogen-bond acceptors (Lipinski definition) is 4. The van der Waals surface area contributed by atoms with Crippen LogP contribution in [0.25, 0.3) is 0 Å². The van der Waals surface area contributed by atoms with Gasteiger partial charge in [-0.1, -0.05) is 6.92 Å². The van der Waals surface area contributed by atoms with Gasteiger partial charge in [0.2, 0.25) is 15.9 Å². The molecule has 0 aliphatic carbocycles. The summed E-state index contributed by atoms with van der Waals surface area (Å²) >= 11 is 0. The molecule has 0 saturated carbocycles. The Morgan fingerprint density at radius 3 is 2.38 bits per heavy atom. The van der Waals surface area contributed by atoms with Gasteiger partial charge in [0.05, 0.1) is 12.2 Å². The molecule has 2 rings (SSSR count). The summed E-state index contributed by atoms with van der Waals surface area (Å²) in [4.78, 5) is 16.9. The number of carbonyl (C=O) groups is 1. The van der Waals surface area contributed by atoms with E-state index in [1.807, 2.05) is 4.90 Å². The first-order valence-electron chi connectivity index (χ1n) is 7.88. The number of sulfonamides is 1. The Morgan fingerprint density at radius 2 is 1.81 bits per heavy atom. The summed E-state index contributed by atoms with van der Waals surface area (Å²) in [6.07, 6.45) is 3.95. The van der Waals surface area contributed by atoms with E-state index >= 15 is 0 Å². The highest BCUT2D eigenvalue weighted by Crippen LogP contribution is 2.21. The van der Waals surface area contributed by atoms with Crippen molar-refractivity contribution in [2.24, 2.45) is 5.92 Å². The van der Waals surface area contributed by atoms with Crippen LogP contribution in [-0.2, 0) is 14.8 Å². The molecule has 0 aromatic carbocycles. The van der Waals surface area contributed by atoms with Crippen LogP contribution in [0, 0.1) is 5.92 Å². The van der Waals surface area contributed by atoms with Crippen LogP contribution in [0.1, 0.15) is 26.2 Å². The van der Waals surface area contributed by atoms with Crippen molar-refractivity contribution < 1.29 is 13.2 Å². The molecule has 0 spiro atoms. The molecule has 2 saturated heterocycles. The van der Waals surface area contributed by atoms with Gasteiger partial charge in [0.25, 0.3) is 0 Å². The highest BCUT2D eigenvalue weighted by molar-refractivity contribution is 7.88. The Balaban J connectivity index is 1.89. The maximum Gasteiger partial charge on any atom is 0.227 e. The fourth-order valence-electron chi connectivity index (χ4n) is 3.21. The molecule has 1 amide bonds. The number of nitrogens with zero attached hydrogens (tertiary/aromatic N) is 3. The molecule has 0 unspecified atom stereocenters. The largest absolute Gasteiger partial charge is 0.340 e. The van der Waals surface area contributed by atoms with E-state index in [9.17, 15) is 13.2 Å². The molecule has 0 aromatic rings. The maximum absolute atomic E-state index is 12.6. The standard InChI is InChI=1S/C14H27N3O3S/c1-3-6-15-8-10-16(11-9-15)14(18)13-5-4-7-17(12-13)21(2,19)20/h13H,3-12H2,1-2H3/t13-/m0/s1. The molecule has 0 bridgehead atoms. The van der Waals surface area contributed by atoms with Crippen LogP contribution >= 0.6 is 0 Å². The first-order chi connectivity index (χ1) is 9.91. The van der Waals surface area contributed by atoms with E-state index in [4.69, 9.17) is 0 Å². The number of carbonyl (C=O) groups excluding carboxylic acids is 1. The van der Waals surface area contributed by atoms with Gasteiger partial charge in [-0.2, -0.15) is 0 Å². The Hall–Kier alpha value is -0.660. The van der Waals surface area contributed by atoms with Crippen molar-refractivity contribution >= 4 is 15.9 Å². The lowest BCUT2D eigenvalue weighted by atomic mass is 9.98. The number of hydrogen-bond donors (Lipinski definition) is 0. The minimum atomic E-state index is -3.18. The first-order valence-corrected chi connectivity index (χ1v) is 9.73. The Bertz CT molecular complexity index is 458. The molecule has 2 heterocycles. The molecule has 21 heavy (non-hydrogen) atoms. The van der Waals surface area contributed by atoms with Crippen LogP contribution in [-0.4, -0.2) is 80.5 Å². The first kappa shape index (κ1) is 16.7. The molecule has 2 aliphatic rings. The molecule has 0 aromatic heterocycles. The van der Waals surface area contributed by atoms with Gasteiger partial charge < -0.3 is 4.90 Å². The summed E-state index contributed by atoms with van der Waals surface area (Å²) in [6, 6.07) is 0. The predicted octanol–water partition coefficient (Wildman–Crippen LogP) is 0.212. The Labute approximate surface area is 128 Å². The van der Waals surface area contributed by atoms with Crippen molar-refractivity contribution in [1.82, 2.24) is 14.1 Å². The molecule has 122 valence electrons. The minimum absolute atomic E-state index is 0.138. The summed E-state index contributed by atoms with van der Waals surface area (Å²) in [6.45, 7) is 7.57. The molecule has 2 fully saturated rings. The fraction of sp³-hybridized carbons (Fsp3) is 0.929. The molecule has 2 aliphatic heterocycles. The van der Waals surface area contributed by atoms with Gasteiger partial charge in [-0.05, 0) is 25.8 Å². The molecule has 0 radical (unpaired) electrons. The third kappa shape index (κ3) is 4.40. The SMILES string of the molecule is CCCN1CCN(C(=O)[C@H]2CCCN(S(C)(=O)=O)C2)CC1. The molecular formula is C14H27N3O3S. The van der Waals surface area contributed by atoms with Crippen molar-refractivity contribution in [1.29, 1.82) is 0 Å². The maximum atomic E-state index is 12.6. The normalized spacial score (nSPS) is 26.0. The van der Waals surface area contributed by atoms with Crippen molar-refractivity contribution in [3.05, 3.63) is 0 Å². The predicted molar refractivity (Wildman–Crippen MR) is 82.5 cm³/mol. The summed E-state index contributed by atoms with van der Waals surface area (Å²) in [5, 5.41) is 0. The van der Waals surface area contributed by atoms with E-state index in [-0.39, 0.29) is 11.8 Å². The molecular weight excluding hydrogens is 290 g/mol. The van der Waals surface area contributed by atoms with E-state index in [1.54, 1.807) is 0 Å². The van der Waals surface area contributed by atoms with Crippen LogP contribution in [0.4, 0.5) is 0 Å². The highest BCUT2D eigenvalue weighted by atomic mass is 32.2. The van der Waals surface area contributed by atoms with E-state index in [0.29, 0.717) is 13.1 Å². The molecule has 1 atom stereocenters. The van der Waals surface area contributed by atoms with Crippen LogP contribution in [0.2, 0.25) is 0 Å². The number of amides is 1. The second-order valence-corrected chi connectivity index (χ2v) is 8.11. The zero-order valence-electron chi connectivity index (χ0n) is 13.1. The molecule has 0 N–H and O–H groups in total. The van der Waals surface area contributed by atoms with Gasteiger partial charge in [-0.15, -0.1) is 0 Å². The topological polar surface area (TPSA) is 60.9 Å². The Morgan fingerprint density at radius 1 is 1.14 bits per heavy atom. The number of piperidine rings is 1. The lowest BCUT2D eigenvalue weighted by Gasteiger charge is -2.38. The summed E-state index contributed by atoms with van der Waals surface area (Å²) < 4.78 is 24.7. The third-order valence-corrected chi connectivity index (χ3v) is 5.70. The minimum Gasteiger partial charge on any atom is -0.340 e. The lowest BCUT2D eigenvalue weighted by Crippen LogP contribution is -2.53. The van der Waals surface area contributed by atoms with Gasteiger partial charge in [0.1, 0.15) is 0 Å². The monoisotopic (exact) mass is 317 g/mol. The highest BCUT2D eigenvalue weighted by Gasteiger charge is 2.33. The van der Waals surface area contributed by atoms with Crippen LogP contribution in [0.15, 0.2) is 0 Å².